The van der Waals surface area contributed by atoms with Crippen LogP contribution in [0.2, 0.25) is 0 Å². The molecule has 6 nitrogen and oxygen atoms in total. The van der Waals surface area contributed by atoms with Gasteiger partial charge in [-0.2, -0.15) is 0 Å². The Balaban J connectivity index is 2.11. The zero-order valence-corrected chi connectivity index (χ0v) is 12.4. The van der Waals surface area contributed by atoms with Crippen molar-refractivity contribution in [3.8, 4) is 0 Å². The molecule has 3 rings (SSSR count). The average molecular weight is 296 g/mol. The molecule has 22 heavy (non-hydrogen) atoms. The van der Waals surface area contributed by atoms with E-state index in [-0.39, 0.29) is 11.2 Å². The number of anilines is 1. The van der Waals surface area contributed by atoms with Crippen molar-refractivity contribution in [2.75, 3.05) is 5.32 Å². The van der Waals surface area contributed by atoms with E-state index in [2.05, 4.69) is 10.3 Å². The Kier molecular flexibility index (Phi) is 3.50. The molecule has 2 aromatic heterocycles. The molecule has 0 spiro atoms. The summed E-state index contributed by atoms with van der Waals surface area (Å²) in [6.07, 6.45) is 1.59. The Labute approximate surface area is 126 Å². The van der Waals surface area contributed by atoms with E-state index < -0.39 is 0 Å². The number of rotatable bonds is 3. The first-order valence-electron chi connectivity index (χ1n) is 6.92. The molecular weight excluding hydrogens is 280 g/mol. The van der Waals surface area contributed by atoms with E-state index in [0.717, 1.165) is 10.1 Å². The third-order valence-corrected chi connectivity index (χ3v) is 3.67. The highest BCUT2D eigenvalue weighted by atomic mass is 16.2. The van der Waals surface area contributed by atoms with Gasteiger partial charge in [-0.15, -0.1) is 0 Å². The first kappa shape index (κ1) is 14.1. The third kappa shape index (κ3) is 2.28. The summed E-state index contributed by atoms with van der Waals surface area (Å²) >= 11 is 0. The molecule has 112 valence electrons. The number of pyridine rings is 1. The van der Waals surface area contributed by atoms with Crippen molar-refractivity contribution in [3.63, 3.8) is 0 Å². The fraction of sp³-hybridized carbons (Fsp3) is 0.188. The van der Waals surface area contributed by atoms with E-state index in [1.54, 1.807) is 19.3 Å². The van der Waals surface area contributed by atoms with Crippen LogP contribution in [-0.4, -0.2) is 14.1 Å². The van der Waals surface area contributed by atoms with Crippen LogP contribution < -0.4 is 16.6 Å². The lowest BCUT2D eigenvalue weighted by Gasteiger charge is -2.12. The Hall–Kier alpha value is -2.89. The van der Waals surface area contributed by atoms with Crippen LogP contribution >= 0.6 is 0 Å². The smallest absolute Gasteiger partial charge is 0.332 e. The molecule has 0 aliphatic carbocycles. The van der Waals surface area contributed by atoms with Crippen molar-refractivity contribution >= 4 is 16.7 Å². The van der Waals surface area contributed by atoms with Gasteiger partial charge >= 0.3 is 5.69 Å². The standard InChI is InChI=1S/C16H16N4O2/c1-19-14-13(15(21)20(2)16(19)22)12(8-9-17-14)18-10-11-6-4-3-5-7-11/h3-9H,10H2,1-2H3,(H,17,18). The van der Waals surface area contributed by atoms with Gasteiger partial charge in [-0.05, 0) is 11.6 Å². The van der Waals surface area contributed by atoms with Gasteiger partial charge in [0.05, 0.1) is 5.69 Å². The Morgan fingerprint density at radius 1 is 1.05 bits per heavy atom. The summed E-state index contributed by atoms with van der Waals surface area (Å²) in [5.74, 6) is 0. The lowest BCUT2D eigenvalue weighted by atomic mass is 10.2. The van der Waals surface area contributed by atoms with E-state index in [1.807, 2.05) is 30.3 Å². The molecule has 0 unspecified atom stereocenters. The van der Waals surface area contributed by atoms with E-state index in [9.17, 15) is 9.59 Å². The molecule has 0 saturated carbocycles. The fourth-order valence-electron chi connectivity index (χ4n) is 2.43. The summed E-state index contributed by atoms with van der Waals surface area (Å²) in [6, 6.07) is 11.6. The first-order chi connectivity index (χ1) is 10.6. The maximum atomic E-state index is 12.4. The van der Waals surface area contributed by atoms with Gasteiger partial charge in [0.15, 0.2) is 5.65 Å². The SMILES string of the molecule is Cn1c(=O)c2c(NCc3ccccc3)ccnc2n(C)c1=O. The molecule has 0 saturated heterocycles. The van der Waals surface area contributed by atoms with Gasteiger partial charge in [0.2, 0.25) is 0 Å². The molecule has 1 aromatic carbocycles. The maximum absolute atomic E-state index is 12.4. The van der Waals surface area contributed by atoms with Crippen molar-refractivity contribution in [2.24, 2.45) is 14.1 Å². The van der Waals surface area contributed by atoms with E-state index in [4.69, 9.17) is 0 Å². The van der Waals surface area contributed by atoms with Crippen LogP contribution in [0.5, 0.6) is 0 Å². The molecule has 3 aromatic rings. The lowest BCUT2D eigenvalue weighted by molar-refractivity contribution is 0.708. The van der Waals surface area contributed by atoms with Crippen molar-refractivity contribution in [2.45, 2.75) is 6.54 Å². The number of hydrogen-bond acceptors (Lipinski definition) is 4. The molecular formula is C16H16N4O2. The number of aryl methyl sites for hydroxylation is 1. The Morgan fingerprint density at radius 3 is 2.50 bits per heavy atom. The van der Waals surface area contributed by atoms with Crippen LogP contribution in [0.4, 0.5) is 5.69 Å². The van der Waals surface area contributed by atoms with E-state index in [1.165, 1.54) is 11.6 Å². The Bertz CT molecular complexity index is 942. The topological polar surface area (TPSA) is 68.9 Å². The van der Waals surface area contributed by atoms with Crippen molar-refractivity contribution in [1.82, 2.24) is 14.1 Å². The van der Waals surface area contributed by atoms with Gasteiger partial charge < -0.3 is 5.32 Å². The zero-order chi connectivity index (χ0) is 15.7. The summed E-state index contributed by atoms with van der Waals surface area (Å²) in [4.78, 5) is 28.5. The molecule has 1 N–H and O–H groups in total. The number of hydrogen-bond donors (Lipinski definition) is 1. The molecule has 0 aliphatic rings. The predicted molar refractivity (Wildman–Crippen MR) is 86.0 cm³/mol. The minimum atomic E-state index is -0.384. The van der Waals surface area contributed by atoms with Crippen LogP contribution in [0, 0.1) is 0 Å². The maximum Gasteiger partial charge on any atom is 0.332 e. The summed E-state index contributed by atoms with van der Waals surface area (Å²) in [7, 11) is 3.08. The second-order valence-corrected chi connectivity index (χ2v) is 5.10. The highest BCUT2D eigenvalue weighted by molar-refractivity contribution is 5.87. The fourth-order valence-corrected chi connectivity index (χ4v) is 2.43. The molecule has 2 heterocycles. The van der Waals surface area contributed by atoms with Crippen LogP contribution in [0.25, 0.3) is 11.0 Å². The number of nitrogens with zero attached hydrogens (tertiary/aromatic N) is 3. The number of fused-ring (bicyclic) bond motifs is 1. The molecule has 0 atom stereocenters. The number of aromatic nitrogens is 3. The van der Waals surface area contributed by atoms with Gasteiger partial charge in [0.1, 0.15) is 5.39 Å². The monoisotopic (exact) mass is 296 g/mol. The van der Waals surface area contributed by atoms with Crippen LogP contribution in [0.1, 0.15) is 5.56 Å². The first-order valence-corrected chi connectivity index (χ1v) is 6.92. The average Bonchev–Trinajstić information content (AvgIpc) is 2.56. The lowest BCUT2D eigenvalue weighted by Crippen LogP contribution is -2.37. The van der Waals surface area contributed by atoms with E-state index in [0.29, 0.717) is 23.3 Å². The minimum absolute atomic E-state index is 0.346. The zero-order valence-electron chi connectivity index (χ0n) is 12.4. The second kappa shape index (κ2) is 5.48. The van der Waals surface area contributed by atoms with Gasteiger partial charge in [-0.25, -0.2) is 9.78 Å². The highest BCUT2D eigenvalue weighted by Gasteiger charge is 2.13. The summed E-state index contributed by atoms with van der Waals surface area (Å²) < 4.78 is 2.47. The highest BCUT2D eigenvalue weighted by Crippen LogP contribution is 2.17. The largest absolute Gasteiger partial charge is 0.380 e. The van der Waals surface area contributed by atoms with Crippen molar-refractivity contribution in [3.05, 3.63) is 69.0 Å². The number of benzene rings is 1. The molecule has 0 amide bonds. The molecule has 0 radical (unpaired) electrons. The Morgan fingerprint density at radius 2 is 1.77 bits per heavy atom. The summed E-state index contributed by atoms with van der Waals surface area (Å²) in [6.45, 7) is 0.589. The van der Waals surface area contributed by atoms with Gasteiger partial charge in [-0.1, -0.05) is 30.3 Å². The minimum Gasteiger partial charge on any atom is -0.380 e. The quantitative estimate of drug-likeness (QED) is 0.789. The van der Waals surface area contributed by atoms with Crippen molar-refractivity contribution in [1.29, 1.82) is 0 Å². The molecule has 0 bridgehead atoms. The van der Waals surface area contributed by atoms with Crippen LogP contribution in [-0.2, 0) is 20.6 Å². The van der Waals surface area contributed by atoms with Gasteiger partial charge in [0, 0.05) is 26.8 Å². The predicted octanol–water partition coefficient (Wildman–Crippen LogP) is 1.24. The van der Waals surface area contributed by atoms with Crippen LogP contribution in [0.3, 0.4) is 0 Å². The summed E-state index contributed by atoms with van der Waals surface area (Å²) in [5, 5.41) is 3.67. The molecule has 0 aliphatic heterocycles. The van der Waals surface area contributed by atoms with E-state index >= 15 is 0 Å². The van der Waals surface area contributed by atoms with Gasteiger partial charge in [-0.3, -0.25) is 13.9 Å². The number of nitrogens with one attached hydrogen (secondary N) is 1. The molecule has 6 heteroatoms. The third-order valence-electron chi connectivity index (χ3n) is 3.67. The van der Waals surface area contributed by atoms with Crippen molar-refractivity contribution < 1.29 is 0 Å². The normalized spacial score (nSPS) is 10.8. The molecule has 0 fully saturated rings. The second-order valence-electron chi connectivity index (χ2n) is 5.10. The van der Waals surface area contributed by atoms with Gasteiger partial charge in [0.25, 0.3) is 5.56 Å². The summed E-state index contributed by atoms with van der Waals surface area (Å²) in [5.41, 5.74) is 1.43. The van der Waals surface area contributed by atoms with Crippen LogP contribution in [0.15, 0.2) is 52.2 Å².